The van der Waals surface area contributed by atoms with Crippen LogP contribution in [0.1, 0.15) is 36.1 Å². The van der Waals surface area contributed by atoms with E-state index in [2.05, 4.69) is 10.4 Å². The first kappa shape index (κ1) is 29.8. The zero-order valence-corrected chi connectivity index (χ0v) is 22.5. The monoisotopic (exact) mass is 599 g/mol. The fraction of sp³-hybridized carbons (Fsp3) is 0.346. The summed E-state index contributed by atoms with van der Waals surface area (Å²) in [5, 5.41) is 17.9. The smallest absolute Gasteiger partial charge is 0.270 e. The summed E-state index contributed by atoms with van der Waals surface area (Å²) in [6, 6.07) is 7.43. The van der Waals surface area contributed by atoms with E-state index in [1.165, 1.54) is 17.0 Å². The molecule has 0 saturated carbocycles. The average Bonchev–Trinajstić information content (AvgIpc) is 3.49. The summed E-state index contributed by atoms with van der Waals surface area (Å²) in [6.07, 6.45) is 0.945. The molecule has 4 N–H and O–H groups in total. The second-order valence-corrected chi connectivity index (χ2v) is 10.1. The highest BCUT2D eigenvalue weighted by molar-refractivity contribution is 6.30. The van der Waals surface area contributed by atoms with E-state index in [9.17, 15) is 27.9 Å². The van der Waals surface area contributed by atoms with Gasteiger partial charge in [-0.1, -0.05) is 11.6 Å². The summed E-state index contributed by atoms with van der Waals surface area (Å²) in [7, 11) is 0. The molecule has 3 aromatic rings. The van der Waals surface area contributed by atoms with Crippen LogP contribution >= 0.6 is 24.0 Å². The minimum Gasteiger partial charge on any atom is -0.372 e. The van der Waals surface area contributed by atoms with Crippen molar-refractivity contribution in [1.29, 1.82) is 0 Å². The molecule has 0 bridgehead atoms. The van der Waals surface area contributed by atoms with Crippen LogP contribution in [0.15, 0.2) is 48.7 Å². The highest BCUT2D eigenvalue weighted by Gasteiger charge is 2.52. The number of anilines is 1. The number of rotatable bonds is 6. The first-order valence-corrected chi connectivity index (χ1v) is 12.6. The Morgan fingerprint density at radius 3 is 2.70 bits per heavy atom. The number of aliphatic hydroxyl groups is 1. The average molecular weight is 600 g/mol. The van der Waals surface area contributed by atoms with Gasteiger partial charge in [0.15, 0.2) is 5.82 Å². The minimum atomic E-state index is -2.32. The fourth-order valence-electron chi connectivity index (χ4n) is 4.93. The quantitative estimate of drug-likeness (QED) is 0.374. The Morgan fingerprint density at radius 2 is 1.98 bits per heavy atom. The fourth-order valence-corrected chi connectivity index (χ4v) is 5.18. The van der Waals surface area contributed by atoms with Crippen LogP contribution in [0.3, 0.4) is 0 Å². The van der Waals surface area contributed by atoms with Crippen LogP contribution in [0.25, 0.3) is 0 Å². The van der Waals surface area contributed by atoms with Crippen LogP contribution in [0, 0.1) is 17.5 Å². The van der Waals surface area contributed by atoms with E-state index in [0.717, 1.165) is 24.3 Å². The van der Waals surface area contributed by atoms with E-state index in [4.69, 9.17) is 22.1 Å². The van der Waals surface area contributed by atoms with Crippen LogP contribution in [-0.2, 0) is 20.9 Å². The molecule has 214 valence electrons. The third-order valence-corrected chi connectivity index (χ3v) is 7.18. The molecule has 2 aliphatic heterocycles. The molecule has 2 saturated heterocycles. The Bertz CT molecular complexity index is 1410. The third kappa shape index (κ3) is 5.81. The van der Waals surface area contributed by atoms with Gasteiger partial charge in [-0.3, -0.25) is 19.2 Å². The number of nitrogens with two attached hydrogens (primary N) is 1. The second-order valence-electron chi connectivity index (χ2n) is 9.65. The first-order valence-electron chi connectivity index (χ1n) is 12.2. The van der Waals surface area contributed by atoms with Gasteiger partial charge in [0.25, 0.3) is 11.8 Å². The van der Waals surface area contributed by atoms with Gasteiger partial charge in [-0.05, 0) is 48.4 Å². The summed E-state index contributed by atoms with van der Waals surface area (Å²) >= 11 is 5.83. The van der Waals surface area contributed by atoms with Gasteiger partial charge >= 0.3 is 0 Å². The number of hydrogen-bond donors (Lipinski definition) is 3. The molecule has 3 heterocycles. The van der Waals surface area contributed by atoms with E-state index >= 15 is 0 Å². The van der Waals surface area contributed by atoms with Crippen LogP contribution in [0.2, 0.25) is 5.02 Å². The number of ether oxygens (including phenoxy) is 1. The SMILES string of the molecule is Cl.N[C@H]1C[C@@H](n2ccc(N3CC[C@](O)(C(=O)NCc4cc(F)cc(Cl)c4)C3=O)n2)CO[C@@H]1c1cc(F)ccc1F. The molecule has 2 aliphatic rings. The molecule has 9 nitrogen and oxygen atoms in total. The molecule has 14 heteroatoms. The molecular weight excluding hydrogens is 574 g/mol. The summed E-state index contributed by atoms with van der Waals surface area (Å²) in [5.41, 5.74) is 4.33. The van der Waals surface area contributed by atoms with Crippen molar-refractivity contribution >= 4 is 41.6 Å². The number of benzene rings is 2. The van der Waals surface area contributed by atoms with Crippen molar-refractivity contribution in [2.45, 2.75) is 43.2 Å². The molecule has 1 aromatic heterocycles. The lowest BCUT2D eigenvalue weighted by Crippen LogP contribution is -2.52. The Morgan fingerprint density at radius 1 is 1.20 bits per heavy atom. The number of hydrogen-bond acceptors (Lipinski definition) is 6. The number of nitrogens with zero attached hydrogens (tertiary/aromatic N) is 3. The van der Waals surface area contributed by atoms with Gasteiger partial charge in [0.1, 0.15) is 23.6 Å². The summed E-state index contributed by atoms with van der Waals surface area (Å²) < 4.78 is 48.7. The number of aromatic nitrogens is 2. The topological polar surface area (TPSA) is 123 Å². The molecule has 0 spiro atoms. The zero-order valence-electron chi connectivity index (χ0n) is 20.9. The molecular formula is C26H26Cl2F3N5O4. The summed E-state index contributed by atoms with van der Waals surface area (Å²) in [4.78, 5) is 27.0. The maximum atomic E-state index is 14.2. The maximum absolute atomic E-state index is 14.2. The van der Waals surface area contributed by atoms with Gasteiger partial charge in [0.2, 0.25) is 5.60 Å². The van der Waals surface area contributed by atoms with Crippen molar-refractivity contribution in [2.24, 2.45) is 5.73 Å². The van der Waals surface area contributed by atoms with Crippen molar-refractivity contribution in [1.82, 2.24) is 15.1 Å². The molecule has 5 rings (SSSR count). The van der Waals surface area contributed by atoms with E-state index < -0.39 is 47.0 Å². The van der Waals surface area contributed by atoms with Gasteiger partial charge in [-0.25, -0.2) is 13.2 Å². The van der Waals surface area contributed by atoms with Crippen LogP contribution in [-0.4, -0.2) is 51.5 Å². The van der Waals surface area contributed by atoms with Gasteiger partial charge in [-0.15, -0.1) is 12.4 Å². The summed E-state index contributed by atoms with van der Waals surface area (Å²) in [5.74, 6) is -3.33. The second kappa shape index (κ2) is 11.8. The molecule has 0 radical (unpaired) electrons. The minimum absolute atomic E-state index is 0. The lowest BCUT2D eigenvalue weighted by atomic mass is 9.94. The molecule has 2 fully saturated rings. The number of carbonyl (C=O) groups is 2. The molecule has 2 aromatic carbocycles. The lowest BCUT2D eigenvalue weighted by molar-refractivity contribution is -0.149. The van der Waals surface area contributed by atoms with Crippen molar-refractivity contribution in [2.75, 3.05) is 18.1 Å². The van der Waals surface area contributed by atoms with Crippen molar-refractivity contribution in [3.63, 3.8) is 0 Å². The van der Waals surface area contributed by atoms with Crippen LogP contribution in [0.5, 0.6) is 0 Å². The van der Waals surface area contributed by atoms with E-state index in [1.54, 1.807) is 16.9 Å². The molecule has 0 unspecified atom stereocenters. The predicted octanol–water partition coefficient (Wildman–Crippen LogP) is 3.19. The Kier molecular flexibility index (Phi) is 8.76. The number of carbonyl (C=O) groups excluding carboxylic acids is 2. The Labute approximate surface area is 238 Å². The van der Waals surface area contributed by atoms with E-state index in [0.29, 0.717) is 12.0 Å². The highest BCUT2D eigenvalue weighted by atomic mass is 35.5. The maximum Gasteiger partial charge on any atom is 0.270 e. The highest BCUT2D eigenvalue weighted by Crippen LogP contribution is 2.34. The normalized spacial score (nSPS) is 24.6. The molecule has 40 heavy (non-hydrogen) atoms. The molecule has 4 atom stereocenters. The molecule has 0 aliphatic carbocycles. The van der Waals surface area contributed by atoms with Crippen LogP contribution < -0.4 is 16.0 Å². The van der Waals surface area contributed by atoms with E-state index in [-0.39, 0.29) is 61.0 Å². The number of halogens is 5. The Hall–Kier alpha value is -3.16. The van der Waals surface area contributed by atoms with Crippen molar-refractivity contribution < 1.29 is 32.6 Å². The number of nitrogens with one attached hydrogen (secondary N) is 1. The first-order chi connectivity index (χ1) is 18.5. The predicted molar refractivity (Wildman–Crippen MR) is 141 cm³/mol. The van der Waals surface area contributed by atoms with Gasteiger partial charge in [0, 0.05) is 48.4 Å². The lowest BCUT2D eigenvalue weighted by Gasteiger charge is -2.34. The van der Waals surface area contributed by atoms with Crippen LogP contribution in [0.4, 0.5) is 19.0 Å². The Balaban J connectivity index is 0.00000370. The summed E-state index contributed by atoms with van der Waals surface area (Å²) in [6.45, 7) is 0.00989. The van der Waals surface area contributed by atoms with E-state index in [1.807, 2.05) is 0 Å². The third-order valence-electron chi connectivity index (χ3n) is 6.96. The van der Waals surface area contributed by atoms with Gasteiger partial charge < -0.3 is 20.9 Å². The van der Waals surface area contributed by atoms with Gasteiger partial charge in [-0.2, -0.15) is 5.10 Å². The molecule has 2 amide bonds. The zero-order chi connectivity index (χ0) is 27.9. The largest absolute Gasteiger partial charge is 0.372 e. The van der Waals surface area contributed by atoms with Crippen molar-refractivity contribution in [3.05, 3.63) is 82.3 Å². The van der Waals surface area contributed by atoms with Crippen molar-refractivity contribution in [3.8, 4) is 0 Å². The standard InChI is InChI=1S/C26H25ClF3N5O4.ClH/c27-15-7-14(8-17(29)9-15)12-32-24(36)26(38)4-6-34(25(26)37)22-3-5-35(33-22)18-11-21(31)23(39-13-18)19-10-16(28)1-2-20(19)30;/h1-3,5,7-10,18,21,23,38H,4,6,11-13,31H2,(H,32,36);1H/t18-,21+,23-,26+;/m1./s1. The number of amides is 2. The van der Waals surface area contributed by atoms with Gasteiger partial charge in [0.05, 0.1) is 12.6 Å².